The van der Waals surface area contributed by atoms with Crippen molar-refractivity contribution in [1.82, 2.24) is 10.3 Å². The van der Waals surface area contributed by atoms with Crippen LogP contribution in [0.3, 0.4) is 0 Å². The van der Waals surface area contributed by atoms with E-state index in [1.165, 1.54) is 11.1 Å². The molecule has 0 radical (unpaired) electrons. The summed E-state index contributed by atoms with van der Waals surface area (Å²) in [6.45, 7) is 2.48. The van der Waals surface area contributed by atoms with Gasteiger partial charge in [0.15, 0.2) is 0 Å². The van der Waals surface area contributed by atoms with Crippen LogP contribution in [0.5, 0.6) is 5.75 Å². The molecule has 0 amide bonds. The number of benzene rings is 1. The zero-order valence-electron chi connectivity index (χ0n) is 19.5. The van der Waals surface area contributed by atoms with Crippen molar-refractivity contribution >= 4 is 35.5 Å². The van der Waals surface area contributed by atoms with Crippen LogP contribution in [0.2, 0.25) is 5.02 Å². The lowest BCUT2D eigenvalue weighted by Gasteiger charge is -2.15. The number of nitrogens with zero attached hydrogens (tertiary/aromatic N) is 1. The highest BCUT2D eigenvalue weighted by Crippen LogP contribution is 2.33. The topological polar surface area (TPSA) is 183 Å². The number of hydrogen-bond donors (Lipinski definition) is 5. The van der Waals surface area contributed by atoms with Gasteiger partial charge in [0, 0.05) is 23.5 Å². The second kappa shape index (κ2) is 16.8. The van der Waals surface area contributed by atoms with Gasteiger partial charge >= 0.3 is 23.9 Å². The average molecular weight is 525 g/mol. The molecule has 2 heterocycles. The summed E-state index contributed by atoms with van der Waals surface area (Å²) in [5.74, 6) is -3.48. The number of aliphatic carboxylic acids is 4. The first kappa shape index (κ1) is 30.3. The Bertz CT molecular complexity index is 960. The lowest BCUT2D eigenvalue weighted by atomic mass is 10.0. The lowest BCUT2D eigenvalue weighted by molar-refractivity contribution is -0.143. The zero-order chi connectivity index (χ0) is 26.9. The Labute approximate surface area is 212 Å². The van der Waals surface area contributed by atoms with E-state index in [1.807, 2.05) is 24.4 Å². The summed E-state index contributed by atoms with van der Waals surface area (Å²) in [7, 11) is 0. The van der Waals surface area contributed by atoms with E-state index in [4.69, 9.17) is 36.8 Å². The number of aromatic nitrogens is 1. The zero-order valence-corrected chi connectivity index (χ0v) is 20.2. The van der Waals surface area contributed by atoms with Gasteiger partial charge in [0.05, 0.1) is 30.7 Å². The summed E-state index contributed by atoms with van der Waals surface area (Å²) in [6, 6.07) is 7.96. The lowest BCUT2D eigenvalue weighted by Crippen LogP contribution is -2.16. The van der Waals surface area contributed by atoms with E-state index in [2.05, 4.69) is 16.4 Å². The number of pyridine rings is 1. The number of nitrogens with one attached hydrogen (secondary N) is 1. The SMILES string of the molecule is Clc1ccc2c(c1OCc1cccnc1)CCNCC2.O=C(O)CCC(=O)O.O=C(O)CCC(=O)O. The van der Waals surface area contributed by atoms with Crippen molar-refractivity contribution in [3.8, 4) is 5.75 Å². The average Bonchev–Trinajstić information content (AvgIpc) is 3.08. The molecular formula is C24H29ClN2O9. The first-order valence-corrected chi connectivity index (χ1v) is 11.4. The Hall–Kier alpha value is -3.70. The summed E-state index contributed by atoms with van der Waals surface area (Å²) in [6.07, 6.45) is 4.37. The minimum atomic E-state index is -1.08. The molecule has 0 aliphatic carbocycles. The highest BCUT2D eigenvalue weighted by Gasteiger charge is 2.16. The second-order valence-electron chi connectivity index (χ2n) is 7.49. The molecular weight excluding hydrogens is 496 g/mol. The molecule has 1 aliphatic heterocycles. The van der Waals surface area contributed by atoms with Gasteiger partial charge in [0.25, 0.3) is 0 Å². The van der Waals surface area contributed by atoms with E-state index >= 15 is 0 Å². The molecule has 2 aromatic rings. The fraction of sp³-hybridized carbons (Fsp3) is 0.375. The molecule has 0 spiro atoms. The van der Waals surface area contributed by atoms with Crippen molar-refractivity contribution in [2.75, 3.05) is 13.1 Å². The smallest absolute Gasteiger partial charge is 0.303 e. The van der Waals surface area contributed by atoms with E-state index in [0.717, 1.165) is 37.2 Å². The van der Waals surface area contributed by atoms with Crippen LogP contribution in [0, 0.1) is 0 Å². The van der Waals surface area contributed by atoms with E-state index in [0.29, 0.717) is 11.6 Å². The Morgan fingerprint density at radius 3 is 1.92 bits per heavy atom. The largest absolute Gasteiger partial charge is 0.487 e. The maximum Gasteiger partial charge on any atom is 0.303 e. The van der Waals surface area contributed by atoms with Crippen molar-refractivity contribution < 1.29 is 44.3 Å². The van der Waals surface area contributed by atoms with Gasteiger partial charge in [0.1, 0.15) is 12.4 Å². The summed E-state index contributed by atoms with van der Waals surface area (Å²) in [5.41, 5.74) is 3.62. The molecule has 0 unspecified atom stereocenters. The van der Waals surface area contributed by atoms with Gasteiger partial charge in [-0.1, -0.05) is 23.7 Å². The fourth-order valence-electron chi connectivity index (χ4n) is 2.93. The third kappa shape index (κ3) is 13.3. The van der Waals surface area contributed by atoms with E-state index in [9.17, 15) is 19.2 Å². The Morgan fingerprint density at radius 1 is 0.861 bits per heavy atom. The Morgan fingerprint density at radius 2 is 1.42 bits per heavy atom. The first-order valence-electron chi connectivity index (χ1n) is 11.0. The highest BCUT2D eigenvalue weighted by atomic mass is 35.5. The first-order chi connectivity index (χ1) is 17.1. The highest BCUT2D eigenvalue weighted by molar-refractivity contribution is 6.32. The quantitative estimate of drug-likeness (QED) is 0.325. The predicted octanol–water partition coefficient (Wildman–Crippen LogP) is 2.87. The minimum absolute atomic E-state index is 0.296. The van der Waals surface area contributed by atoms with Gasteiger partial charge in [-0.25, -0.2) is 0 Å². The number of carbonyl (C=O) groups is 4. The van der Waals surface area contributed by atoms with Crippen LogP contribution in [-0.4, -0.2) is 62.4 Å². The van der Waals surface area contributed by atoms with Crippen LogP contribution in [0.15, 0.2) is 36.7 Å². The number of carboxylic acids is 4. The van der Waals surface area contributed by atoms with E-state index in [-0.39, 0.29) is 25.7 Å². The molecule has 0 saturated carbocycles. The molecule has 3 rings (SSSR count). The fourth-order valence-corrected chi connectivity index (χ4v) is 3.16. The molecule has 1 aromatic carbocycles. The van der Waals surface area contributed by atoms with Gasteiger partial charge in [0.2, 0.25) is 0 Å². The van der Waals surface area contributed by atoms with Crippen molar-refractivity contribution in [1.29, 1.82) is 0 Å². The second-order valence-corrected chi connectivity index (χ2v) is 7.90. The van der Waals surface area contributed by atoms with E-state index < -0.39 is 23.9 Å². The molecule has 0 bridgehead atoms. The van der Waals surface area contributed by atoms with Crippen LogP contribution in [-0.2, 0) is 38.6 Å². The molecule has 12 heteroatoms. The number of fused-ring (bicyclic) bond motifs is 1. The van der Waals surface area contributed by atoms with E-state index in [1.54, 1.807) is 6.20 Å². The van der Waals surface area contributed by atoms with Gasteiger partial charge in [-0.05, 0) is 43.6 Å². The Balaban J connectivity index is 0.000000337. The van der Waals surface area contributed by atoms with Crippen LogP contribution in [0.25, 0.3) is 0 Å². The maximum absolute atomic E-state index is 9.64. The van der Waals surface area contributed by atoms with Crippen molar-refractivity contribution in [2.24, 2.45) is 0 Å². The molecule has 1 aromatic heterocycles. The molecule has 0 fully saturated rings. The summed E-state index contributed by atoms with van der Waals surface area (Å²) >= 11 is 6.32. The van der Waals surface area contributed by atoms with Gasteiger partial charge in [-0.2, -0.15) is 0 Å². The molecule has 11 nitrogen and oxygen atoms in total. The molecule has 196 valence electrons. The number of rotatable bonds is 9. The van der Waals surface area contributed by atoms with Crippen molar-refractivity contribution in [3.05, 3.63) is 58.4 Å². The third-order valence-electron chi connectivity index (χ3n) is 4.64. The third-order valence-corrected chi connectivity index (χ3v) is 4.94. The van der Waals surface area contributed by atoms with Crippen LogP contribution in [0.1, 0.15) is 42.4 Å². The predicted molar refractivity (Wildman–Crippen MR) is 129 cm³/mol. The van der Waals surface area contributed by atoms with Gasteiger partial charge < -0.3 is 30.5 Å². The number of hydrogen-bond acceptors (Lipinski definition) is 7. The van der Waals surface area contributed by atoms with Crippen LogP contribution < -0.4 is 10.1 Å². The molecule has 0 atom stereocenters. The van der Waals surface area contributed by atoms with Crippen LogP contribution in [0.4, 0.5) is 0 Å². The van der Waals surface area contributed by atoms with Crippen LogP contribution >= 0.6 is 11.6 Å². The monoisotopic (exact) mass is 524 g/mol. The normalized spacial score (nSPS) is 11.8. The summed E-state index contributed by atoms with van der Waals surface area (Å²) < 4.78 is 5.98. The Kier molecular flexibility index (Phi) is 14.2. The molecule has 5 N–H and O–H groups in total. The van der Waals surface area contributed by atoms with Gasteiger partial charge in [-0.3, -0.25) is 24.2 Å². The van der Waals surface area contributed by atoms with Crippen molar-refractivity contribution in [2.45, 2.75) is 45.1 Å². The molecule has 0 saturated heterocycles. The molecule has 1 aliphatic rings. The summed E-state index contributed by atoms with van der Waals surface area (Å²) in [4.78, 5) is 42.7. The minimum Gasteiger partial charge on any atom is -0.487 e. The standard InChI is InChI=1S/C16H17ClN2O.2C4H6O4/c17-15-4-3-13-5-8-18-9-6-14(13)16(15)20-11-12-2-1-7-19-10-12;2*5-3(6)1-2-4(7)8/h1-4,7,10,18H,5-6,8-9,11H2;2*1-2H2,(H,5,6)(H,7,8). The van der Waals surface area contributed by atoms with Crippen molar-refractivity contribution in [3.63, 3.8) is 0 Å². The van der Waals surface area contributed by atoms with Gasteiger partial charge in [-0.15, -0.1) is 0 Å². The summed E-state index contributed by atoms with van der Waals surface area (Å²) in [5, 5.41) is 35.7. The number of carboxylic acid groups (broad SMARTS) is 4. The number of ether oxygens (including phenoxy) is 1. The maximum atomic E-state index is 9.64. The molecule has 36 heavy (non-hydrogen) atoms. The number of halogens is 1.